The number of piperidine rings is 1. The Morgan fingerprint density at radius 1 is 1.21 bits per heavy atom. The van der Waals surface area contributed by atoms with Gasteiger partial charge in [-0.3, -0.25) is 14.5 Å². The van der Waals surface area contributed by atoms with E-state index >= 15 is 0 Å². The molecule has 1 fully saturated rings. The van der Waals surface area contributed by atoms with Gasteiger partial charge in [-0.15, -0.1) is 0 Å². The molecule has 7 heteroatoms. The SMILES string of the molecule is Cc1ncc(-c2ccncc2)c([C@H]2CCCCN2C(=O)CCn2cccn2)n1. The molecule has 1 atom stereocenters. The van der Waals surface area contributed by atoms with Crippen LogP contribution in [0.25, 0.3) is 11.1 Å². The van der Waals surface area contributed by atoms with Crippen LogP contribution in [-0.4, -0.2) is 42.1 Å². The van der Waals surface area contributed by atoms with E-state index in [0.717, 1.165) is 48.5 Å². The highest BCUT2D eigenvalue weighted by Gasteiger charge is 2.31. The summed E-state index contributed by atoms with van der Waals surface area (Å²) in [6.45, 7) is 3.25. The zero-order chi connectivity index (χ0) is 19.3. The topological polar surface area (TPSA) is 76.8 Å². The average molecular weight is 376 g/mol. The van der Waals surface area contributed by atoms with Crippen LogP contribution in [0, 0.1) is 6.92 Å². The summed E-state index contributed by atoms with van der Waals surface area (Å²) in [6.07, 6.45) is 12.5. The molecule has 7 nitrogen and oxygen atoms in total. The van der Waals surface area contributed by atoms with E-state index in [0.29, 0.717) is 13.0 Å². The molecule has 1 aliphatic rings. The van der Waals surface area contributed by atoms with Gasteiger partial charge in [0.05, 0.1) is 11.7 Å². The van der Waals surface area contributed by atoms with E-state index in [1.54, 1.807) is 23.3 Å². The van der Waals surface area contributed by atoms with Crippen LogP contribution in [0.3, 0.4) is 0 Å². The van der Waals surface area contributed by atoms with E-state index in [1.165, 1.54) is 0 Å². The highest BCUT2D eigenvalue weighted by Crippen LogP contribution is 2.35. The highest BCUT2D eigenvalue weighted by molar-refractivity contribution is 5.77. The van der Waals surface area contributed by atoms with Crippen molar-refractivity contribution in [3.63, 3.8) is 0 Å². The molecular formula is C21H24N6O. The minimum atomic E-state index is -0.0243. The predicted octanol–water partition coefficient (Wildman–Crippen LogP) is 3.19. The van der Waals surface area contributed by atoms with Crippen molar-refractivity contribution >= 4 is 5.91 Å². The van der Waals surface area contributed by atoms with Gasteiger partial charge in [0.25, 0.3) is 0 Å². The van der Waals surface area contributed by atoms with Gasteiger partial charge in [0.1, 0.15) is 5.82 Å². The Bertz CT molecular complexity index is 925. The summed E-state index contributed by atoms with van der Waals surface area (Å²) in [5.41, 5.74) is 2.94. The molecule has 0 unspecified atom stereocenters. The first-order valence-corrected chi connectivity index (χ1v) is 9.73. The van der Waals surface area contributed by atoms with Crippen LogP contribution < -0.4 is 0 Å². The Morgan fingerprint density at radius 2 is 2.07 bits per heavy atom. The fraction of sp³-hybridized carbons (Fsp3) is 0.381. The molecule has 1 amide bonds. The Kier molecular flexibility index (Phi) is 5.41. The molecule has 3 aromatic heterocycles. The van der Waals surface area contributed by atoms with Gasteiger partial charge in [0.2, 0.25) is 5.91 Å². The van der Waals surface area contributed by atoms with Gasteiger partial charge >= 0.3 is 0 Å². The van der Waals surface area contributed by atoms with Gasteiger partial charge in [-0.25, -0.2) is 9.97 Å². The maximum Gasteiger partial charge on any atom is 0.225 e. The van der Waals surface area contributed by atoms with Crippen LogP contribution in [0.2, 0.25) is 0 Å². The summed E-state index contributed by atoms with van der Waals surface area (Å²) in [7, 11) is 0. The monoisotopic (exact) mass is 376 g/mol. The van der Waals surface area contributed by atoms with E-state index in [1.807, 2.05) is 42.4 Å². The third-order valence-electron chi connectivity index (χ3n) is 5.18. The zero-order valence-electron chi connectivity index (χ0n) is 16.0. The van der Waals surface area contributed by atoms with E-state index in [9.17, 15) is 4.79 Å². The van der Waals surface area contributed by atoms with Crippen LogP contribution in [0.1, 0.15) is 43.2 Å². The summed E-state index contributed by atoms with van der Waals surface area (Å²) < 4.78 is 1.80. The molecule has 1 aliphatic heterocycles. The summed E-state index contributed by atoms with van der Waals surface area (Å²) >= 11 is 0. The number of hydrogen-bond donors (Lipinski definition) is 0. The van der Waals surface area contributed by atoms with Crippen LogP contribution in [0.5, 0.6) is 0 Å². The second kappa shape index (κ2) is 8.29. The number of carbonyl (C=O) groups is 1. The lowest BCUT2D eigenvalue weighted by Crippen LogP contribution is -2.39. The second-order valence-electron chi connectivity index (χ2n) is 7.07. The lowest BCUT2D eigenvalue weighted by molar-refractivity contribution is -0.135. The second-order valence-corrected chi connectivity index (χ2v) is 7.07. The van der Waals surface area contributed by atoms with E-state index in [-0.39, 0.29) is 11.9 Å². The highest BCUT2D eigenvalue weighted by atomic mass is 16.2. The van der Waals surface area contributed by atoms with Gasteiger partial charge in [0, 0.05) is 56.1 Å². The maximum absolute atomic E-state index is 13.0. The molecule has 144 valence electrons. The molecule has 0 aliphatic carbocycles. The molecule has 3 aromatic rings. The van der Waals surface area contributed by atoms with Crippen LogP contribution >= 0.6 is 0 Å². The van der Waals surface area contributed by atoms with E-state index < -0.39 is 0 Å². The first-order chi connectivity index (χ1) is 13.7. The molecule has 0 aromatic carbocycles. The van der Waals surface area contributed by atoms with Crippen molar-refractivity contribution in [2.24, 2.45) is 0 Å². The quantitative estimate of drug-likeness (QED) is 0.683. The minimum Gasteiger partial charge on any atom is -0.334 e. The fourth-order valence-corrected chi connectivity index (χ4v) is 3.80. The van der Waals surface area contributed by atoms with Gasteiger partial charge in [-0.05, 0) is 49.9 Å². The molecule has 4 rings (SSSR count). The van der Waals surface area contributed by atoms with Crippen LogP contribution in [0.15, 0.2) is 49.2 Å². The van der Waals surface area contributed by atoms with Crippen molar-refractivity contribution in [2.75, 3.05) is 6.54 Å². The van der Waals surface area contributed by atoms with Gasteiger partial charge in [0.15, 0.2) is 0 Å². The summed E-state index contributed by atoms with van der Waals surface area (Å²) in [5, 5.41) is 4.20. The van der Waals surface area contributed by atoms with Crippen LogP contribution in [-0.2, 0) is 11.3 Å². The number of pyridine rings is 1. The Balaban J connectivity index is 1.62. The molecule has 0 N–H and O–H groups in total. The number of carbonyl (C=O) groups excluding carboxylic acids is 1. The molecule has 28 heavy (non-hydrogen) atoms. The smallest absolute Gasteiger partial charge is 0.225 e. The van der Waals surface area contributed by atoms with E-state index in [4.69, 9.17) is 4.98 Å². The van der Waals surface area contributed by atoms with Crippen molar-refractivity contribution < 1.29 is 4.79 Å². The Morgan fingerprint density at radius 3 is 2.86 bits per heavy atom. The number of rotatable bonds is 5. The van der Waals surface area contributed by atoms with Crippen molar-refractivity contribution in [1.82, 2.24) is 29.6 Å². The minimum absolute atomic E-state index is 0.0243. The van der Waals surface area contributed by atoms with Gasteiger partial charge in [-0.1, -0.05) is 0 Å². The number of nitrogens with zero attached hydrogens (tertiary/aromatic N) is 6. The average Bonchev–Trinajstić information content (AvgIpc) is 3.26. The number of hydrogen-bond acceptors (Lipinski definition) is 5. The zero-order valence-corrected chi connectivity index (χ0v) is 16.0. The molecule has 1 saturated heterocycles. The first-order valence-electron chi connectivity index (χ1n) is 9.73. The van der Waals surface area contributed by atoms with Crippen molar-refractivity contribution in [2.45, 2.75) is 45.2 Å². The molecule has 4 heterocycles. The molecule has 0 radical (unpaired) electrons. The number of amides is 1. The van der Waals surface area contributed by atoms with Gasteiger partial charge < -0.3 is 4.90 Å². The fourth-order valence-electron chi connectivity index (χ4n) is 3.80. The normalized spacial score (nSPS) is 16.9. The first kappa shape index (κ1) is 18.3. The van der Waals surface area contributed by atoms with Gasteiger partial charge in [-0.2, -0.15) is 5.10 Å². The largest absolute Gasteiger partial charge is 0.334 e. The molecule has 0 spiro atoms. The summed E-state index contributed by atoms with van der Waals surface area (Å²) in [4.78, 5) is 28.3. The third-order valence-corrected chi connectivity index (χ3v) is 5.18. The predicted molar refractivity (Wildman–Crippen MR) is 105 cm³/mol. The molecule has 0 saturated carbocycles. The third kappa shape index (κ3) is 3.93. The van der Waals surface area contributed by atoms with Crippen molar-refractivity contribution in [1.29, 1.82) is 0 Å². The lowest BCUT2D eigenvalue weighted by atomic mass is 9.93. The Hall–Kier alpha value is -3.09. The van der Waals surface area contributed by atoms with Crippen molar-refractivity contribution in [3.8, 4) is 11.1 Å². The molecular weight excluding hydrogens is 352 g/mol. The summed E-state index contributed by atoms with van der Waals surface area (Å²) in [5.74, 6) is 0.875. The number of aromatic nitrogens is 5. The standard InChI is InChI=1S/C21H24N6O/c1-16-23-15-18(17-6-10-22-11-7-17)21(25-16)19-5-2-3-13-27(19)20(28)8-14-26-12-4-9-24-26/h4,6-7,9-12,15,19H,2-3,5,8,13-14H2,1H3/t19-/m1/s1. The van der Waals surface area contributed by atoms with Crippen molar-refractivity contribution in [3.05, 3.63) is 60.7 Å². The van der Waals surface area contributed by atoms with Crippen LogP contribution in [0.4, 0.5) is 0 Å². The lowest BCUT2D eigenvalue weighted by Gasteiger charge is -2.36. The number of aryl methyl sites for hydroxylation is 2. The summed E-state index contributed by atoms with van der Waals surface area (Å²) in [6, 6.07) is 5.77. The maximum atomic E-state index is 13.0. The Labute approximate surface area is 164 Å². The molecule has 0 bridgehead atoms. The number of likely N-dealkylation sites (tertiary alicyclic amines) is 1. The van der Waals surface area contributed by atoms with E-state index in [2.05, 4.69) is 15.1 Å².